The first-order valence-electron chi connectivity index (χ1n) is 8.08. The van der Waals surface area contributed by atoms with Crippen molar-refractivity contribution in [2.75, 3.05) is 4.90 Å². The van der Waals surface area contributed by atoms with E-state index in [1.165, 1.54) is 11.3 Å². The standard InChI is InChI=1S/C20H15ClN2O2S/c1-13-5-2-9-17-18(13)22-20(26-17)23(12-16-8-4-10-25-16)19(24)14-6-3-7-15(21)11-14/h2-11H,12H2,1H3. The number of halogens is 1. The third kappa shape index (κ3) is 3.23. The summed E-state index contributed by atoms with van der Waals surface area (Å²) in [4.78, 5) is 19.5. The Morgan fingerprint density at radius 3 is 2.77 bits per heavy atom. The van der Waals surface area contributed by atoms with Crippen LogP contribution in [0.2, 0.25) is 5.02 Å². The average molecular weight is 383 g/mol. The van der Waals surface area contributed by atoms with E-state index in [0.717, 1.165) is 15.8 Å². The molecule has 2 aromatic carbocycles. The number of para-hydroxylation sites is 1. The van der Waals surface area contributed by atoms with E-state index in [9.17, 15) is 4.79 Å². The summed E-state index contributed by atoms with van der Waals surface area (Å²) < 4.78 is 6.49. The van der Waals surface area contributed by atoms with E-state index in [1.807, 2.05) is 31.2 Å². The number of fused-ring (bicyclic) bond motifs is 1. The first-order valence-corrected chi connectivity index (χ1v) is 9.27. The van der Waals surface area contributed by atoms with Crippen molar-refractivity contribution in [2.45, 2.75) is 13.5 Å². The number of hydrogen-bond acceptors (Lipinski definition) is 4. The molecule has 4 rings (SSSR count). The van der Waals surface area contributed by atoms with Gasteiger partial charge in [-0.1, -0.05) is 41.1 Å². The van der Waals surface area contributed by atoms with Crippen LogP contribution in [-0.2, 0) is 6.54 Å². The minimum absolute atomic E-state index is 0.166. The van der Waals surface area contributed by atoms with Crippen LogP contribution in [0.3, 0.4) is 0 Å². The van der Waals surface area contributed by atoms with Gasteiger partial charge in [0.25, 0.3) is 5.91 Å². The molecule has 130 valence electrons. The van der Waals surface area contributed by atoms with Crippen LogP contribution in [0.5, 0.6) is 0 Å². The van der Waals surface area contributed by atoms with E-state index >= 15 is 0 Å². The molecule has 0 N–H and O–H groups in total. The molecule has 0 unspecified atom stereocenters. The maximum atomic E-state index is 13.2. The quantitative estimate of drug-likeness (QED) is 0.455. The molecule has 0 aliphatic carbocycles. The Hall–Kier alpha value is -2.63. The Bertz CT molecular complexity index is 1070. The minimum Gasteiger partial charge on any atom is -0.467 e. The van der Waals surface area contributed by atoms with Crippen LogP contribution >= 0.6 is 22.9 Å². The Morgan fingerprint density at radius 2 is 2.04 bits per heavy atom. The summed E-state index contributed by atoms with van der Waals surface area (Å²) in [5.74, 6) is 0.525. The number of rotatable bonds is 4. The van der Waals surface area contributed by atoms with E-state index in [4.69, 9.17) is 21.0 Å². The molecule has 6 heteroatoms. The highest BCUT2D eigenvalue weighted by Crippen LogP contribution is 2.32. The highest BCUT2D eigenvalue weighted by molar-refractivity contribution is 7.22. The van der Waals surface area contributed by atoms with Gasteiger partial charge in [-0.25, -0.2) is 4.98 Å². The molecule has 2 aromatic heterocycles. The lowest BCUT2D eigenvalue weighted by molar-refractivity contribution is 0.0983. The van der Waals surface area contributed by atoms with Gasteiger partial charge in [-0.05, 0) is 48.9 Å². The van der Waals surface area contributed by atoms with E-state index in [0.29, 0.717) is 28.0 Å². The van der Waals surface area contributed by atoms with E-state index in [1.54, 1.807) is 41.5 Å². The number of furan rings is 1. The molecule has 0 aliphatic rings. The lowest BCUT2D eigenvalue weighted by Gasteiger charge is -2.19. The second kappa shape index (κ2) is 6.94. The summed E-state index contributed by atoms with van der Waals surface area (Å²) in [7, 11) is 0. The highest BCUT2D eigenvalue weighted by Gasteiger charge is 2.23. The van der Waals surface area contributed by atoms with Gasteiger partial charge in [-0.3, -0.25) is 9.69 Å². The number of nitrogens with zero attached hydrogens (tertiary/aromatic N) is 2. The predicted octanol–water partition coefficient (Wildman–Crippen LogP) is 5.70. The Morgan fingerprint density at radius 1 is 1.19 bits per heavy atom. The number of thiazole rings is 1. The molecule has 1 amide bonds. The molecule has 0 radical (unpaired) electrons. The first kappa shape index (κ1) is 16.8. The summed E-state index contributed by atoms with van der Waals surface area (Å²) in [6.45, 7) is 2.32. The molecule has 0 bridgehead atoms. The molecule has 2 heterocycles. The summed E-state index contributed by atoms with van der Waals surface area (Å²) >= 11 is 7.55. The second-order valence-electron chi connectivity index (χ2n) is 5.90. The van der Waals surface area contributed by atoms with Crippen LogP contribution in [0.4, 0.5) is 5.13 Å². The van der Waals surface area contributed by atoms with Crippen molar-refractivity contribution in [1.82, 2.24) is 4.98 Å². The maximum absolute atomic E-state index is 13.2. The topological polar surface area (TPSA) is 46.3 Å². The molecule has 4 nitrogen and oxygen atoms in total. The van der Waals surface area contributed by atoms with Gasteiger partial charge in [0, 0.05) is 10.6 Å². The van der Waals surface area contributed by atoms with Crippen LogP contribution in [-0.4, -0.2) is 10.9 Å². The molecule has 0 atom stereocenters. The van der Waals surface area contributed by atoms with E-state index in [2.05, 4.69) is 0 Å². The maximum Gasteiger partial charge on any atom is 0.260 e. The van der Waals surface area contributed by atoms with Crippen molar-refractivity contribution in [2.24, 2.45) is 0 Å². The van der Waals surface area contributed by atoms with Crippen molar-refractivity contribution in [3.63, 3.8) is 0 Å². The van der Waals surface area contributed by atoms with Gasteiger partial charge in [0.15, 0.2) is 5.13 Å². The molecule has 0 spiro atoms. The number of aromatic nitrogens is 1. The van der Waals surface area contributed by atoms with Crippen molar-refractivity contribution in [3.05, 3.63) is 82.8 Å². The SMILES string of the molecule is Cc1cccc2sc(N(Cc3ccco3)C(=O)c3cccc(Cl)c3)nc12. The third-order valence-corrected chi connectivity index (χ3v) is 5.33. The fraction of sp³-hybridized carbons (Fsp3) is 0.100. The predicted molar refractivity (Wildman–Crippen MR) is 105 cm³/mol. The van der Waals surface area contributed by atoms with Gasteiger partial charge in [-0.15, -0.1) is 0 Å². The Labute approximate surface area is 159 Å². The molecule has 4 aromatic rings. The lowest BCUT2D eigenvalue weighted by Crippen LogP contribution is -2.30. The average Bonchev–Trinajstić information content (AvgIpc) is 3.29. The number of anilines is 1. The third-order valence-electron chi connectivity index (χ3n) is 4.05. The van der Waals surface area contributed by atoms with Gasteiger partial charge < -0.3 is 4.42 Å². The molecule has 26 heavy (non-hydrogen) atoms. The molecule has 0 saturated heterocycles. The van der Waals surface area contributed by atoms with Crippen molar-refractivity contribution in [1.29, 1.82) is 0 Å². The van der Waals surface area contributed by atoms with Gasteiger partial charge >= 0.3 is 0 Å². The van der Waals surface area contributed by atoms with Gasteiger partial charge in [-0.2, -0.15) is 0 Å². The van der Waals surface area contributed by atoms with Crippen molar-refractivity contribution >= 4 is 44.2 Å². The number of amides is 1. The van der Waals surface area contributed by atoms with Crippen molar-refractivity contribution in [3.8, 4) is 0 Å². The molecule has 0 saturated carbocycles. The van der Waals surface area contributed by atoms with Crippen molar-refractivity contribution < 1.29 is 9.21 Å². The number of aryl methyl sites for hydroxylation is 1. The number of hydrogen-bond donors (Lipinski definition) is 0. The lowest BCUT2D eigenvalue weighted by atomic mass is 10.2. The fourth-order valence-electron chi connectivity index (χ4n) is 2.75. The van der Waals surface area contributed by atoms with Crippen LogP contribution < -0.4 is 4.90 Å². The number of carbonyl (C=O) groups is 1. The van der Waals surface area contributed by atoms with Crippen LogP contribution in [0, 0.1) is 6.92 Å². The second-order valence-corrected chi connectivity index (χ2v) is 7.34. The first-order chi connectivity index (χ1) is 12.6. The zero-order valence-corrected chi connectivity index (χ0v) is 15.6. The fourth-order valence-corrected chi connectivity index (χ4v) is 3.98. The van der Waals surface area contributed by atoms with Gasteiger partial charge in [0.2, 0.25) is 0 Å². The normalized spacial score (nSPS) is 11.0. The minimum atomic E-state index is -0.166. The van der Waals surface area contributed by atoms with E-state index in [-0.39, 0.29) is 5.91 Å². The summed E-state index contributed by atoms with van der Waals surface area (Å²) in [5, 5.41) is 1.16. The van der Waals surface area contributed by atoms with Crippen LogP contribution in [0.25, 0.3) is 10.2 Å². The summed E-state index contributed by atoms with van der Waals surface area (Å²) in [6.07, 6.45) is 1.60. The zero-order chi connectivity index (χ0) is 18.1. The molecular formula is C20H15ClN2O2S. The van der Waals surface area contributed by atoms with Gasteiger partial charge in [0.05, 0.1) is 23.0 Å². The Balaban J connectivity index is 1.79. The largest absolute Gasteiger partial charge is 0.467 e. The Kier molecular flexibility index (Phi) is 4.49. The highest BCUT2D eigenvalue weighted by atomic mass is 35.5. The summed E-state index contributed by atoms with van der Waals surface area (Å²) in [6, 6.07) is 16.6. The molecule has 0 fully saturated rings. The number of carbonyl (C=O) groups excluding carboxylic acids is 1. The monoisotopic (exact) mass is 382 g/mol. The molecular weight excluding hydrogens is 368 g/mol. The smallest absolute Gasteiger partial charge is 0.260 e. The van der Waals surface area contributed by atoms with Crippen LogP contribution in [0.15, 0.2) is 65.3 Å². The van der Waals surface area contributed by atoms with Gasteiger partial charge in [0.1, 0.15) is 5.76 Å². The van der Waals surface area contributed by atoms with E-state index < -0.39 is 0 Å². The number of benzene rings is 2. The zero-order valence-electron chi connectivity index (χ0n) is 14.0. The van der Waals surface area contributed by atoms with Crippen LogP contribution in [0.1, 0.15) is 21.7 Å². The summed E-state index contributed by atoms with van der Waals surface area (Å²) in [5.41, 5.74) is 2.51. The molecule has 0 aliphatic heterocycles.